The van der Waals surface area contributed by atoms with Gasteiger partial charge in [0.15, 0.2) is 0 Å². The number of benzene rings is 1. The SMILES string of the molecule is CCCCCCN(CCCCCC)c1ccc(C#Cc2cc(C(=O)N(CC)CC)nc(C(=O)N(CC)CC)c2)cc1. The molecule has 0 saturated carbocycles. The van der Waals surface area contributed by atoms with Crippen LogP contribution in [0.15, 0.2) is 36.4 Å². The van der Waals surface area contributed by atoms with E-state index in [4.69, 9.17) is 0 Å². The number of unbranched alkanes of at least 4 members (excludes halogenated alkanes) is 6. The van der Waals surface area contributed by atoms with Crippen LogP contribution in [-0.2, 0) is 0 Å². The van der Waals surface area contributed by atoms with E-state index in [2.05, 4.69) is 59.8 Å². The second-order valence-corrected chi connectivity index (χ2v) is 10.5. The third-order valence-corrected chi connectivity index (χ3v) is 7.51. The molecule has 0 aliphatic carbocycles. The Kier molecular flexibility index (Phi) is 15.6. The Morgan fingerprint density at radius 3 is 1.46 bits per heavy atom. The third-order valence-electron chi connectivity index (χ3n) is 7.51. The van der Waals surface area contributed by atoms with Gasteiger partial charge < -0.3 is 14.7 Å². The van der Waals surface area contributed by atoms with Gasteiger partial charge in [0.05, 0.1) is 0 Å². The number of carbonyl (C=O) groups excluding carboxylic acids is 2. The molecule has 0 aliphatic heterocycles. The highest BCUT2D eigenvalue weighted by atomic mass is 16.2. The van der Waals surface area contributed by atoms with Crippen LogP contribution in [0.1, 0.15) is 125 Å². The predicted molar refractivity (Wildman–Crippen MR) is 172 cm³/mol. The highest BCUT2D eigenvalue weighted by Gasteiger charge is 2.20. The minimum Gasteiger partial charge on any atom is -0.372 e. The second-order valence-electron chi connectivity index (χ2n) is 10.5. The monoisotopic (exact) mass is 560 g/mol. The van der Waals surface area contributed by atoms with Gasteiger partial charge in [0.1, 0.15) is 11.4 Å². The van der Waals surface area contributed by atoms with Gasteiger partial charge in [-0.05, 0) is 76.9 Å². The lowest BCUT2D eigenvalue weighted by molar-refractivity contribution is 0.0760. The lowest BCUT2D eigenvalue weighted by Crippen LogP contribution is -2.33. The van der Waals surface area contributed by atoms with Crippen molar-refractivity contribution < 1.29 is 9.59 Å². The fourth-order valence-electron chi connectivity index (χ4n) is 4.90. The van der Waals surface area contributed by atoms with Crippen molar-refractivity contribution in [3.05, 3.63) is 58.9 Å². The van der Waals surface area contributed by atoms with Crippen LogP contribution >= 0.6 is 0 Å². The maximum absolute atomic E-state index is 13.1. The molecular formula is C35H52N4O2. The van der Waals surface area contributed by atoms with Crippen LogP contribution in [0, 0.1) is 11.8 Å². The first-order valence-electron chi connectivity index (χ1n) is 15.9. The summed E-state index contributed by atoms with van der Waals surface area (Å²) in [5.74, 6) is 6.08. The van der Waals surface area contributed by atoms with Gasteiger partial charge in [-0.1, -0.05) is 64.2 Å². The Bertz CT molecular complexity index is 1070. The zero-order chi connectivity index (χ0) is 30.0. The van der Waals surface area contributed by atoms with Crippen LogP contribution in [0.2, 0.25) is 0 Å². The van der Waals surface area contributed by atoms with Crippen LogP contribution in [0.5, 0.6) is 0 Å². The van der Waals surface area contributed by atoms with Crippen molar-refractivity contribution in [3.63, 3.8) is 0 Å². The Morgan fingerprint density at radius 1 is 0.610 bits per heavy atom. The van der Waals surface area contributed by atoms with E-state index >= 15 is 0 Å². The molecule has 2 rings (SSSR count). The molecule has 6 nitrogen and oxygen atoms in total. The Morgan fingerprint density at radius 2 is 1.05 bits per heavy atom. The van der Waals surface area contributed by atoms with E-state index in [1.807, 2.05) is 27.7 Å². The number of hydrogen-bond acceptors (Lipinski definition) is 4. The maximum atomic E-state index is 13.1. The summed E-state index contributed by atoms with van der Waals surface area (Å²) in [5.41, 5.74) is 3.27. The maximum Gasteiger partial charge on any atom is 0.272 e. The second kappa shape index (κ2) is 18.9. The van der Waals surface area contributed by atoms with Gasteiger partial charge >= 0.3 is 0 Å². The standard InChI is InChI=1S/C35H52N4O2/c1-7-13-15-17-25-39(26-18-16-14-8-2)31-23-21-29(22-24-31)19-20-30-27-32(34(40)37(9-3)10-4)36-33(28-30)35(41)38(11-5)12-6/h21-24,27-28H,7-18,25-26H2,1-6H3. The normalized spacial score (nSPS) is 10.6. The van der Waals surface area contributed by atoms with Crippen molar-refractivity contribution in [2.45, 2.75) is 92.9 Å². The van der Waals surface area contributed by atoms with Crippen molar-refractivity contribution in [1.82, 2.24) is 14.8 Å². The summed E-state index contributed by atoms with van der Waals surface area (Å²) >= 11 is 0. The molecule has 0 spiro atoms. The van der Waals surface area contributed by atoms with Crippen molar-refractivity contribution >= 4 is 17.5 Å². The summed E-state index contributed by atoms with van der Waals surface area (Å²) in [6.45, 7) is 16.7. The third kappa shape index (κ3) is 10.9. The highest BCUT2D eigenvalue weighted by molar-refractivity contribution is 5.97. The average molecular weight is 561 g/mol. The topological polar surface area (TPSA) is 56.8 Å². The Labute approximate surface area is 249 Å². The zero-order valence-corrected chi connectivity index (χ0v) is 26.5. The van der Waals surface area contributed by atoms with E-state index in [1.165, 1.54) is 57.1 Å². The largest absolute Gasteiger partial charge is 0.372 e. The molecule has 0 atom stereocenters. The molecule has 0 N–H and O–H groups in total. The predicted octanol–water partition coefficient (Wildman–Crippen LogP) is 7.41. The van der Waals surface area contributed by atoms with Gasteiger partial charge in [-0.15, -0.1) is 0 Å². The first kappa shape index (κ1) is 33.9. The number of anilines is 1. The van der Waals surface area contributed by atoms with Crippen LogP contribution in [0.3, 0.4) is 0 Å². The van der Waals surface area contributed by atoms with E-state index in [9.17, 15) is 9.59 Å². The quantitative estimate of drug-likeness (QED) is 0.149. The number of pyridine rings is 1. The molecule has 2 aromatic rings. The van der Waals surface area contributed by atoms with Gasteiger partial charge in [-0.25, -0.2) is 4.98 Å². The number of hydrogen-bond donors (Lipinski definition) is 0. The van der Waals surface area contributed by atoms with Gasteiger partial charge in [0.2, 0.25) is 0 Å². The van der Waals surface area contributed by atoms with Gasteiger partial charge in [-0.2, -0.15) is 0 Å². The molecule has 0 fully saturated rings. The average Bonchev–Trinajstić information content (AvgIpc) is 3.00. The summed E-state index contributed by atoms with van der Waals surface area (Å²) in [4.78, 5) is 36.7. The minimum absolute atomic E-state index is 0.186. The van der Waals surface area contributed by atoms with Crippen LogP contribution in [-0.4, -0.2) is 65.9 Å². The first-order valence-corrected chi connectivity index (χ1v) is 15.9. The summed E-state index contributed by atoms with van der Waals surface area (Å²) in [6, 6.07) is 11.9. The molecule has 0 radical (unpaired) electrons. The summed E-state index contributed by atoms with van der Waals surface area (Å²) in [5, 5.41) is 0. The number of nitrogens with zero attached hydrogens (tertiary/aromatic N) is 4. The molecule has 1 heterocycles. The van der Waals surface area contributed by atoms with Crippen LogP contribution in [0.25, 0.3) is 0 Å². The molecule has 2 amide bonds. The van der Waals surface area contributed by atoms with E-state index in [0.29, 0.717) is 31.7 Å². The van der Waals surface area contributed by atoms with Crippen LogP contribution in [0.4, 0.5) is 5.69 Å². The summed E-state index contributed by atoms with van der Waals surface area (Å²) in [7, 11) is 0. The van der Waals surface area contributed by atoms with E-state index in [0.717, 1.165) is 18.7 Å². The lowest BCUT2D eigenvalue weighted by Gasteiger charge is -2.25. The van der Waals surface area contributed by atoms with Gasteiger partial charge in [0, 0.05) is 56.1 Å². The lowest BCUT2D eigenvalue weighted by atomic mass is 10.1. The number of rotatable bonds is 17. The van der Waals surface area contributed by atoms with E-state index < -0.39 is 0 Å². The number of aromatic nitrogens is 1. The molecular weight excluding hydrogens is 508 g/mol. The molecule has 224 valence electrons. The zero-order valence-electron chi connectivity index (χ0n) is 26.5. The molecule has 0 saturated heterocycles. The van der Waals surface area contributed by atoms with Crippen molar-refractivity contribution in [3.8, 4) is 11.8 Å². The molecule has 0 unspecified atom stereocenters. The fourth-order valence-corrected chi connectivity index (χ4v) is 4.90. The highest BCUT2D eigenvalue weighted by Crippen LogP contribution is 2.18. The van der Waals surface area contributed by atoms with E-state index in [-0.39, 0.29) is 23.2 Å². The summed E-state index contributed by atoms with van der Waals surface area (Å²) in [6.07, 6.45) is 10.1. The number of amides is 2. The smallest absolute Gasteiger partial charge is 0.272 e. The molecule has 0 aliphatic rings. The molecule has 41 heavy (non-hydrogen) atoms. The van der Waals surface area contributed by atoms with Crippen molar-refractivity contribution in [1.29, 1.82) is 0 Å². The van der Waals surface area contributed by atoms with Gasteiger partial charge in [-0.3, -0.25) is 9.59 Å². The molecule has 0 bridgehead atoms. The van der Waals surface area contributed by atoms with Crippen molar-refractivity contribution in [2.75, 3.05) is 44.2 Å². The molecule has 6 heteroatoms. The van der Waals surface area contributed by atoms with Crippen LogP contribution < -0.4 is 4.90 Å². The fraction of sp³-hybridized carbons (Fsp3) is 0.571. The van der Waals surface area contributed by atoms with E-state index in [1.54, 1.807) is 21.9 Å². The first-order chi connectivity index (χ1) is 19.9. The molecule has 1 aromatic carbocycles. The Hall–Kier alpha value is -3.33. The Balaban J connectivity index is 2.32. The minimum atomic E-state index is -0.186. The van der Waals surface area contributed by atoms with Gasteiger partial charge in [0.25, 0.3) is 11.8 Å². The molecule has 1 aromatic heterocycles. The summed E-state index contributed by atoms with van der Waals surface area (Å²) < 4.78 is 0. The van der Waals surface area contributed by atoms with Crippen molar-refractivity contribution in [2.24, 2.45) is 0 Å². The number of carbonyl (C=O) groups is 2.